The zero-order valence-corrected chi connectivity index (χ0v) is 14.1. The molecule has 7 heteroatoms. The van der Waals surface area contributed by atoms with Gasteiger partial charge in [0.05, 0.1) is 6.54 Å². The summed E-state index contributed by atoms with van der Waals surface area (Å²) in [5.74, 6) is 2.46. The van der Waals surface area contributed by atoms with E-state index in [2.05, 4.69) is 30.4 Å². The van der Waals surface area contributed by atoms with Crippen LogP contribution in [0.4, 0.5) is 4.39 Å². The molecule has 1 aromatic heterocycles. The second kappa shape index (κ2) is 7.42. The Balaban J connectivity index is 1.55. The second-order valence-electron chi connectivity index (χ2n) is 6.00. The number of fused-ring (bicyclic) bond motifs is 1. The molecule has 6 nitrogen and oxygen atoms in total. The third-order valence-corrected chi connectivity index (χ3v) is 4.27. The molecule has 1 aliphatic heterocycles. The van der Waals surface area contributed by atoms with Crippen LogP contribution in [0.5, 0.6) is 0 Å². The summed E-state index contributed by atoms with van der Waals surface area (Å²) >= 11 is 0. The summed E-state index contributed by atoms with van der Waals surface area (Å²) in [7, 11) is 1.71. The standard InChI is InChI=1S/C17H23FN6/c1-12-6-7-13(9-14(12)18)10-20-17(19-2)21-11-16-23-22-15-5-3-4-8-24(15)16/h6-7,9H,3-5,8,10-11H2,1-2H3,(H2,19,20,21). The van der Waals surface area contributed by atoms with Crippen molar-refractivity contribution < 1.29 is 4.39 Å². The summed E-state index contributed by atoms with van der Waals surface area (Å²) in [4.78, 5) is 4.20. The molecule has 0 bridgehead atoms. The first kappa shape index (κ1) is 16.4. The topological polar surface area (TPSA) is 67.1 Å². The Bertz CT molecular complexity index is 737. The smallest absolute Gasteiger partial charge is 0.191 e. The first-order chi connectivity index (χ1) is 11.7. The normalized spacial score (nSPS) is 14.4. The number of aromatic nitrogens is 3. The van der Waals surface area contributed by atoms with Gasteiger partial charge in [-0.05, 0) is 37.0 Å². The van der Waals surface area contributed by atoms with Gasteiger partial charge >= 0.3 is 0 Å². The Morgan fingerprint density at radius 1 is 1.25 bits per heavy atom. The Hall–Kier alpha value is -2.44. The molecule has 3 rings (SSSR count). The van der Waals surface area contributed by atoms with E-state index in [0.29, 0.717) is 24.6 Å². The molecule has 128 valence electrons. The molecule has 2 aromatic rings. The minimum atomic E-state index is -0.188. The number of nitrogens with zero attached hydrogens (tertiary/aromatic N) is 4. The van der Waals surface area contributed by atoms with Crippen LogP contribution in [0.2, 0.25) is 0 Å². The number of benzene rings is 1. The Morgan fingerprint density at radius 2 is 2.08 bits per heavy atom. The fourth-order valence-electron chi connectivity index (χ4n) is 2.81. The summed E-state index contributed by atoms with van der Waals surface area (Å²) in [6, 6.07) is 5.24. The SMILES string of the molecule is CN=C(NCc1ccc(C)c(F)c1)NCc1nnc2n1CCCC2. The number of aliphatic imine (C=N–C) groups is 1. The number of halogens is 1. The average molecular weight is 330 g/mol. The van der Waals surface area contributed by atoms with Gasteiger partial charge in [0.15, 0.2) is 11.8 Å². The van der Waals surface area contributed by atoms with Crippen LogP contribution in [0, 0.1) is 12.7 Å². The molecule has 2 heterocycles. The van der Waals surface area contributed by atoms with Crippen molar-refractivity contribution in [1.29, 1.82) is 0 Å². The minimum Gasteiger partial charge on any atom is -0.352 e. The number of aryl methyl sites for hydroxylation is 2. The lowest BCUT2D eigenvalue weighted by atomic mass is 10.1. The molecule has 2 N–H and O–H groups in total. The summed E-state index contributed by atoms with van der Waals surface area (Å²) < 4.78 is 15.8. The maximum absolute atomic E-state index is 13.6. The molecule has 0 aliphatic carbocycles. The van der Waals surface area contributed by atoms with Crippen molar-refractivity contribution in [2.24, 2.45) is 4.99 Å². The summed E-state index contributed by atoms with van der Waals surface area (Å²) in [5.41, 5.74) is 1.53. The summed E-state index contributed by atoms with van der Waals surface area (Å²) in [6.07, 6.45) is 3.35. The lowest BCUT2D eigenvalue weighted by Gasteiger charge is -2.16. The number of rotatable bonds is 4. The first-order valence-electron chi connectivity index (χ1n) is 8.28. The fraction of sp³-hybridized carbons (Fsp3) is 0.471. The lowest BCUT2D eigenvalue weighted by molar-refractivity contribution is 0.504. The van der Waals surface area contributed by atoms with E-state index in [1.807, 2.05) is 6.07 Å². The van der Waals surface area contributed by atoms with Crippen LogP contribution in [-0.2, 0) is 26.1 Å². The van der Waals surface area contributed by atoms with Crippen molar-refractivity contribution in [3.63, 3.8) is 0 Å². The van der Waals surface area contributed by atoms with Gasteiger partial charge < -0.3 is 15.2 Å². The Labute approximate surface area is 141 Å². The van der Waals surface area contributed by atoms with E-state index >= 15 is 0 Å². The number of nitrogens with one attached hydrogen (secondary N) is 2. The molecule has 0 saturated heterocycles. The number of guanidine groups is 1. The molecule has 0 radical (unpaired) electrons. The Kier molecular flexibility index (Phi) is 5.08. The van der Waals surface area contributed by atoms with Crippen molar-refractivity contribution in [2.45, 2.75) is 45.8 Å². The van der Waals surface area contributed by atoms with Gasteiger partial charge in [-0.15, -0.1) is 10.2 Å². The van der Waals surface area contributed by atoms with Crippen molar-refractivity contribution in [1.82, 2.24) is 25.4 Å². The van der Waals surface area contributed by atoms with Crippen molar-refractivity contribution in [2.75, 3.05) is 7.05 Å². The maximum Gasteiger partial charge on any atom is 0.191 e. The highest BCUT2D eigenvalue weighted by Gasteiger charge is 2.15. The van der Waals surface area contributed by atoms with Gasteiger partial charge in [0, 0.05) is 26.6 Å². The van der Waals surface area contributed by atoms with Gasteiger partial charge in [-0.2, -0.15) is 0 Å². The molecule has 1 aliphatic rings. The zero-order chi connectivity index (χ0) is 16.9. The van der Waals surface area contributed by atoms with E-state index in [0.717, 1.165) is 30.2 Å². The molecule has 0 spiro atoms. The van der Waals surface area contributed by atoms with E-state index in [1.54, 1.807) is 26.1 Å². The van der Waals surface area contributed by atoms with Crippen LogP contribution < -0.4 is 10.6 Å². The molecule has 0 saturated carbocycles. The lowest BCUT2D eigenvalue weighted by Crippen LogP contribution is -2.37. The van der Waals surface area contributed by atoms with E-state index in [-0.39, 0.29) is 5.82 Å². The molecule has 0 fully saturated rings. The van der Waals surface area contributed by atoms with E-state index in [1.165, 1.54) is 12.8 Å². The Morgan fingerprint density at radius 3 is 2.88 bits per heavy atom. The monoisotopic (exact) mass is 330 g/mol. The van der Waals surface area contributed by atoms with Crippen molar-refractivity contribution >= 4 is 5.96 Å². The van der Waals surface area contributed by atoms with Gasteiger partial charge in [-0.1, -0.05) is 12.1 Å². The van der Waals surface area contributed by atoms with Crippen LogP contribution in [0.25, 0.3) is 0 Å². The largest absolute Gasteiger partial charge is 0.352 e. The first-order valence-corrected chi connectivity index (χ1v) is 8.28. The van der Waals surface area contributed by atoms with Crippen molar-refractivity contribution in [3.8, 4) is 0 Å². The average Bonchev–Trinajstić information content (AvgIpc) is 3.01. The molecular weight excluding hydrogens is 307 g/mol. The third kappa shape index (κ3) is 3.72. The molecule has 0 amide bonds. The second-order valence-corrected chi connectivity index (χ2v) is 6.00. The number of hydrogen-bond acceptors (Lipinski definition) is 3. The molecule has 1 aromatic carbocycles. The van der Waals surface area contributed by atoms with Crippen LogP contribution in [0.15, 0.2) is 23.2 Å². The molecule has 0 atom stereocenters. The van der Waals surface area contributed by atoms with Gasteiger partial charge in [-0.3, -0.25) is 4.99 Å². The molecule has 0 unspecified atom stereocenters. The number of hydrogen-bond donors (Lipinski definition) is 2. The van der Waals surface area contributed by atoms with E-state index in [4.69, 9.17) is 0 Å². The van der Waals surface area contributed by atoms with Crippen LogP contribution in [-0.4, -0.2) is 27.8 Å². The zero-order valence-electron chi connectivity index (χ0n) is 14.1. The maximum atomic E-state index is 13.6. The molecule has 24 heavy (non-hydrogen) atoms. The van der Waals surface area contributed by atoms with Gasteiger partial charge in [-0.25, -0.2) is 4.39 Å². The minimum absolute atomic E-state index is 0.188. The highest BCUT2D eigenvalue weighted by Crippen LogP contribution is 2.14. The van der Waals surface area contributed by atoms with E-state index in [9.17, 15) is 4.39 Å². The quantitative estimate of drug-likeness (QED) is 0.664. The van der Waals surface area contributed by atoms with Crippen molar-refractivity contribution in [3.05, 3.63) is 46.8 Å². The van der Waals surface area contributed by atoms with Crippen LogP contribution in [0.3, 0.4) is 0 Å². The predicted octanol–water partition coefficient (Wildman–Crippen LogP) is 1.93. The van der Waals surface area contributed by atoms with Gasteiger partial charge in [0.25, 0.3) is 0 Å². The van der Waals surface area contributed by atoms with Gasteiger partial charge in [0.2, 0.25) is 0 Å². The van der Waals surface area contributed by atoms with Crippen LogP contribution in [0.1, 0.15) is 35.6 Å². The third-order valence-electron chi connectivity index (χ3n) is 4.27. The fourth-order valence-corrected chi connectivity index (χ4v) is 2.81. The molecular formula is C17H23FN6. The highest BCUT2D eigenvalue weighted by molar-refractivity contribution is 5.79. The van der Waals surface area contributed by atoms with Gasteiger partial charge in [0.1, 0.15) is 11.6 Å². The summed E-state index contributed by atoms with van der Waals surface area (Å²) in [6.45, 7) is 3.81. The van der Waals surface area contributed by atoms with Crippen LogP contribution >= 0.6 is 0 Å². The highest BCUT2D eigenvalue weighted by atomic mass is 19.1. The van der Waals surface area contributed by atoms with E-state index < -0.39 is 0 Å². The summed E-state index contributed by atoms with van der Waals surface area (Å²) in [5, 5.41) is 14.9. The predicted molar refractivity (Wildman–Crippen MR) is 91.1 cm³/mol.